The Morgan fingerprint density at radius 1 is 0.812 bits per heavy atom. The molecule has 0 unspecified atom stereocenters. The molecule has 3 aromatic carbocycles. The first-order chi connectivity index (χ1) is 15.4. The highest BCUT2D eigenvalue weighted by molar-refractivity contribution is 5.93. The highest BCUT2D eigenvalue weighted by atomic mass is 16.6. The van der Waals surface area contributed by atoms with E-state index < -0.39 is 11.9 Å². The molecule has 0 saturated heterocycles. The van der Waals surface area contributed by atoms with Crippen LogP contribution in [0.1, 0.15) is 64.6 Å². The van der Waals surface area contributed by atoms with E-state index in [-0.39, 0.29) is 0 Å². The Balaban J connectivity index is 2.10. The molecule has 0 aliphatic heterocycles. The molecule has 0 aromatic heterocycles. The molecule has 4 heteroatoms. The average Bonchev–Trinajstić information content (AvgIpc) is 2.79. The van der Waals surface area contributed by atoms with Crippen LogP contribution in [0.3, 0.4) is 0 Å². The van der Waals surface area contributed by atoms with Gasteiger partial charge in [-0.3, -0.25) is 0 Å². The summed E-state index contributed by atoms with van der Waals surface area (Å²) in [5.74, 6) is 0.0317. The van der Waals surface area contributed by atoms with Gasteiger partial charge < -0.3 is 9.47 Å². The van der Waals surface area contributed by atoms with Crippen LogP contribution in [0.25, 0.3) is 0 Å². The zero-order valence-corrected chi connectivity index (χ0v) is 19.2. The first-order valence-corrected chi connectivity index (χ1v) is 11.1. The fourth-order valence-corrected chi connectivity index (χ4v) is 3.69. The summed E-state index contributed by atoms with van der Waals surface area (Å²) in [6.07, 6.45) is 2.52. The summed E-state index contributed by atoms with van der Waals surface area (Å²) in [4.78, 5) is 25.8. The van der Waals surface area contributed by atoms with E-state index in [1.165, 1.54) is 0 Å². The van der Waals surface area contributed by atoms with Crippen LogP contribution >= 0.6 is 0 Å². The molecule has 0 saturated carbocycles. The van der Waals surface area contributed by atoms with E-state index in [4.69, 9.17) is 9.47 Å². The quantitative estimate of drug-likeness (QED) is 0.299. The molecule has 4 nitrogen and oxygen atoms in total. The molecule has 0 aliphatic rings. The number of hydrogen-bond acceptors (Lipinski definition) is 4. The first-order valence-electron chi connectivity index (χ1n) is 11.1. The Labute approximate surface area is 190 Å². The van der Waals surface area contributed by atoms with Crippen LogP contribution in [0.15, 0.2) is 66.7 Å². The number of hydrogen-bond donors (Lipinski definition) is 0. The molecule has 0 radical (unpaired) electrons. The van der Waals surface area contributed by atoms with Crippen LogP contribution in [0, 0.1) is 12.8 Å². The third kappa shape index (κ3) is 5.64. The van der Waals surface area contributed by atoms with Crippen LogP contribution < -0.4 is 9.47 Å². The summed E-state index contributed by atoms with van der Waals surface area (Å²) in [7, 11) is 0. The van der Waals surface area contributed by atoms with E-state index in [9.17, 15) is 9.59 Å². The molecule has 3 rings (SSSR count). The first kappa shape index (κ1) is 23.3. The van der Waals surface area contributed by atoms with Crippen molar-refractivity contribution in [1.82, 2.24) is 0 Å². The van der Waals surface area contributed by atoms with Gasteiger partial charge in [0.05, 0.1) is 11.1 Å². The van der Waals surface area contributed by atoms with Gasteiger partial charge >= 0.3 is 11.9 Å². The van der Waals surface area contributed by atoms with Crippen LogP contribution in [0.4, 0.5) is 0 Å². The van der Waals surface area contributed by atoms with Crippen LogP contribution in [0.5, 0.6) is 11.5 Å². The fraction of sp³-hybridized carbons (Fsp3) is 0.286. The van der Waals surface area contributed by atoms with Crippen LogP contribution in [-0.2, 0) is 12.8 Å². The number of esters is 2. The summed E-state index contributed by atoms with van der Waals surface area (Å²) < 4.78 is 11.8. The van der Waals surface area contributed by atoms with Gasteiger partial charge in [-0.1, -0.05) is 69.7 Å². The van der Waals surface area contributed by atoms with Crippen molar-refractivity contribution in [2.75, 3.05) is 0 Å². The van der Waals surface area contributed by atoms with E-state index in [1.54, 1.807) is 48.5 Å². The number of carbonyl (C=O) groups is 2. The Kier molecular flexibility index (Phi) is 7.82. The van der Waals surface area contributed by atoms with Gasteiger partial charge in [-0.05, 0) is 61.1 Å². The molecule has 0 heterocycles. The Hall–Kier alpha value is -3.40. The molecule has 0 atom stereocenters. The molecule has 0 N–H and O–H groups in total. The number of benzene rings is 3. The van der Waals surface area contributed by atoms with Gasteiger partial charge in [0.2, 0.25) is 0 Å². The molecule has 0 amide bonds. The maximum atomic E-state index is 13.0. The molecule has 32 heavy (non-hydrogen) atoms. The van der Waals surface area contributed by atoms with Gasteiger partial charge in [0.1, 0.15) is 0 Å². The maximum Gasteiger partial charge on any atom is 0.343 e. The molecule has 0 aliphatic carbocycles. The van der Waals surface area contributed by atoms with Gasteiger partial charge in [0.25, 0.3) is 0 Å². The summed E-state index contributed by atoms with van der Waals surface area (Å²) in [6, 6.07) is 19.7. The summed E-state index contributed by atoms with van der Waals surface area (Å²) in [5.41, 5.74) is 3.69. The van der Waals surface area contributed by atoms with Crippen molar-refractivity contribution < 1.29 is 19.1 Å². The van der Waals surface area contributed by atoms with Gasteiger partial charge in [-0.25, -0.2) is 9.59 Å². The van der Waals surface area contributed by atoms with Gasteiger partial charge in [0.15, 0.2) is 11.5 Å². The fourth-order valence-electron chi connectivity index (χ4n) is 3.69. The molecular weight excluding hydrogens is 400 g/mol. The lowest BCUT2D eigenvalue weighted by atomic mass is 9.92. The van der Waals surface area contributed by atoms with Crippen molar-refractivity contribution in [2.24, 2.45) is 5.92 Å². The SMILES string of the molecule is CCCc1cc(C)c(OC(=O)c2ccccc2)c(OC(=O)c2ccccc2)c1CC(C)C. The van der Waals surface area contributed by atoms with E-state index in [0.717, 1.165) is 29.5 Å². The highest BCUT2D eigenvalue weighted by Crippen LogP contribution is 2.40. The highest BCUT2D eigenvalue weighted by Gasteiger charge is 2.24. The zero-order valence-electron chi connectivity index (χ0n) is 19.2. The maximum absolute atomic E-state index is 13.0. The Bertz CT molecular complexity index is 1070. The van der Waals surface area contributed by atoms with Crippen LogP contribution in [0.2, 0.25) is 0 Å². The molecular formula is C28H30O4. The predicted octanol–water partition coefficient (Wildman–Crippen LogP) is 6.58. The summed E-state index contributed by atoms with van der Waals surface area (Å²) >= 11 is 0. The van der Waals surface area contributed by atoms with Crippen molar-refractivity contribution >= 4 is 11.9 Å². The molecule has 3 aromatic rings. The lowest BCUT2D eigenvalue weighted by Gasteiger charge is -2.21. The number of carbonyl (C=O) groups excluding carboxylic acids is 2. The predicted molar refractivity (Wildman–Crippen MR) is 127 cm³/mol. The Morgan fingerprint density at radius 2 is 1.31 bits per heavy atom. The van der Waals surface area contributed by atoms with E-state index in [2.05, 4.69) is 26.8 Å². The minimum Gasteiger partial charge on any atom is -0.419 e. The van der Waals surface area contributed by atoms with Gasteiger partial charge in [-0.2, -0.15) is 0 Å². The third-order valence-electron chi connectivity index (χ3n) is 5.16. The minimum atomic E-state index is -0.482. The second-order valence-electron chi connectivity index (χ2n) is 8.35. The van der Waals surface area contributed by atoms with Crippen molar-refractivity contribution in [1.29, 1.82) is 0 Å². The zero-order chi connectivity index (χ0) is 23.1. The normalized spacial score (nSPS) is 10.8. The van der Waals surface area contributed by atoms with E-state index in [1.807, 2.05) is 19.1 Å². The largest absolute Gasteiger partial charge is 0.419 e. The van der Waals surface area contributed by atoms with Crippen molar-refractivity contribution in [3.8, 4) is 11.5 Å². The second-order valence-corrected chi connectivity index (χ2v) is 8.35. The minimum absolute atomic E-state index is 0.304. The molecule has 0 spiro atoms. The topological polar surface area (TPSA) is 52.6 Å². The third-order valence-corrected chi connectivity index (χ3v) is 5.16. The van der Waals surface area contributed by atoms with Crippen molar-refractivity contribution in [2.45, 2.75) is 47.0 Å². The van der Waals surface area contributed by atoms with Gasteiger partial charge in [-0.15, -0.1) is 0 Å². The molecule has 0 fully saturated rings. The van der Waals surface area contributed by atoms with Gasteiger partial charge in [0, 0.05) is 5.56 Å². The second kappa shape index (κ2) is 10.8. The number of ether oxygens (including phenoxy) is 2. The summed E-state index contributed by atoms with van der Waals surface area (Å²) in [5, 5.41) is 0. The standard InChI is InChI=1S/C28H30O4/c1-5-12-23-18-20(4)25(31-27(29)21-13-8-6-9-14-21)26(24(23)17-19(2)3)32-28(30)22-15-10-7-11-16-22/h6-11,13-16,18-19H,5,12,17H2,1-4H3. The van der Waals surface area contributed by atoms with Crippen molar-refractivity contribution in [3.63, 3.8) is 0 Å². The molecule has 166 valence electrons. The molecule has 0 bridgehead atoms. The average molecular weight is 431 g/mol. The number of aryl methyl sites for hydroxylation is 2. The smallest absolute Gasteiger partial charge is 0.343 e. The van der Waals surface area contributed by atoms with E-state index in [0.29, 0.717) is 35.0 Å². The summed E-state index contributed by atoms with van der Waals surface area (Å²) in [6.45, 7) is 8.24. The lowest BCUT2D eigenvalue weighted by molar-refractivity contribution is 0.0679. The van der Waals surface area contributed by atoms with E-state index >= 15 is 0 Å². The Morgan fingerprint density at radius 3 is 1.78 bits per heavy atom. The van der Waals surface area contributed by atoms with Crippen molar-refractivity contribution in [3.05, 3.63) is 94.5 Å². The lowest BCUT2D eigenvalue weighted by Crippen LogP contribution is -2.16. The van der Waals surface area contributed by atoms with Crippen LogP contribution in [-0.4, -0.2) is 11.9 Å². The number of rotatable bonds is 8. The monoisotopic (exact) mass is 430 g/mol.